The van der Waals surface area contributed by atoms with Gasteiger partial charge >= 0.3 is 0 Å². The van der Waals surface area contributed by atoms with E-state index in [2.05, 4.69) is 19.2 Å². The van der Waals surface area contributed by atoms with Crippen LogP contribution in [0, 0.1) is 6.92 Å². The number of ether oxygens (including phenoxy) is 1. The first-order chi connectivity index (χ1) is 18.8. The summed E-state index contributed by atoms with van der Waals surface area (Å²) in [6.07, 6.45) is 6.72. The van der Waals surface area contributed by atoms with Crippen LogP contribution in [0.5, 0.6) is 5.75 Å². The van der Waals surface area contributed by atoms with E-state index < -0.39 is 6.04 Å². The lowest BCUT2D eigenvalue weighted by Gasteiger charge is -2.25. The summed E-state index contributed by atoms with van der Waals surface area (Å²) >= 11 is 0. The molecule has 0 spiro atoms. The lowest BCUT2D eigenvalue weighted by atomic mass is 10.0. The summed E-state index contributed by atoms with van der Waals surface area (Å²) in [5.41, 5.74) is 2.74. The first-order valence-corrected chi connectivity index (χ1v) is 14.1. The van der Waals surface area contributed by atoms with Crippen molar-refractivity contribution in [3.63, 3.8) is 0 Å². The summed E-state index contributed by atoms with van der Waals surface area (Å²) in [7, 11) is 3.40. The van der Waals surface area contributed by atoms with E-state index in [0.717, 1.165) is 55.0 Å². The number of rotatable bonds is 14. The van der Waals surface area contributed by atoms with Crippen LogP contribution in [0.4, 0.5) is 0 Å². The average Bonchev–Trinajstić information content (AvgIpc) is 3.22. The second-order valence-electron chi connectivity index (χ2n) is 10.2. The van der Waals surface area contributed by atoms with Gasteiger partial charge in [-0.15, -0.1) is 0 Å². The molecular formula is C32H43N3O4. The molecule has 7 heteroatoms. The zero-order chi connectivity index (χ0) is 28.4. The number of fused-ring (bicyclic) bond motifs is 1. The number of unbranched alkanes of at least 4 members (excludes halogenated alkanes) is 4. The van der Waals surface area contributed by atoms with Gasteiger partial charge in [-0.25, -0.2) is 0 Å². The number of aromatic nitrogens is 1. The highest BCUT2D eigenvalue weighted by molar-refractivity contribution is 6.05. The van der Waals surface area contributed by atoms with Gasteiger partial charge in [-0.3, -0.25) is 19.0 Å². The molecule has 1 unspecified atom stereocenters. The van der Waals surface area contributed by atoms with E-state index >= 15 is 0 Å². The van der Waals surface area contributed by atoms with Gasteiger partial charge in [0.1, 0.15) is 11.8 Å². The standard InChI is InChI=1S/C32H43N3O4/c1-6-8-10-14-17-28(32(38)34(4)20-9-7-2)33-30(36)22-26-23(3)35(31(37)24-15-12-11-13-16-24)29-19-18-25(39-5)21-27(26)29/h11-13,15-16,18-19,21,28H,6-10,14,17,20,22H2,1-5H3,(H,33,36). The molecule has 0 aliphatic heterocycles. The minimum atomic E-state index is -0.564. The number of methoxy groups -OCH3 is 1. The maximum absolute atomic E-state index is 13.5. The molecule has 1 N–H and O–H groups in total. The molecule has 0 saturated heterocycles. The molecule has 3 rings (SSSR count). The number of carbonyl (C=O) groups excluding carboxylic acids is 3. The van der Waals surface area contributed by atoms with E-state index in [-0.39, 0.29) is 24.1 Å². The van der Waals surface area contributed by atoms with E-state index in [1.807, 2.05) is 50.4 Å². The lowest BCUT2D eigenvalue weighted by molar-refractivity contribution is -0.135. The second-order valence-corrected chi connectivity index (χ2v) is 10.2. The van der Waals surface area contributed by atoms with Gasteiger partial charge in [0.2, 0.25) is 11.8 Å². The van der Waals surface area contributed by atoms with Gasteiger partial charge in [0.25, 0.3) is 5.91 Å². The van der Waals surface area contributed by atoms with E-state index in [9.17, 15) is 14.4 Å². The number of carbonyl (C=O) groups is 3. The quantitative estimate of drug-likeness (QED) is 0.262. The zero-order valence-electron chi connectivity index (χ0n) is 24.1. The van der Waals surface area contributed by atoms with Gasteiger partial charge in [-0.1, -0.05) is 64.2 Å². The third kappa shape index (κ3) is 7.49. The molecule has 2 aromatic carbocycles. The number of amides is 2. The van der Waals surface area contributed by atoms with Gasteiger partial charge in [-0.2, -0.15) is 0 Å². The van der Waals surface area contributed by atoms with Crippen molar-refractivity contribution in [1.82, 2.24) is 14.8 Å². The van der Waals surface area contributed by atoms with Crippen LogP contribution in [0.1, 0.15) is 80.4 Å². The fourth-order valence-corrected chi connectivity index (χ4v) is 4.99. The minimum absolute atomic E-state index is 0.0478. The molecule has 1 aromatic heterocycles. The molecule has 2 amide bonds. The van der Waals surface area contributed by atoms with Crippen LogP contribution < -0.4 is 10.1 Å². The Morgan fingerprint density at radius 3 is 2.36 bits per heavy atom. The number of hydrogen-bond donors (Lipinski definition) is 1. The molecule has 39 heavy (non-hydrogen) atoms. The second kappa shape index (κ2) is 14.5. The molecule has 0 radical (unpaired) electrons. The van der Waals surface area contributed by atoms with Gasteiger partial charge in [0, 0.05) is 30.2 Å². The van der Waals surface area contributed by atoms with Crippen LogP contribution >= 0.6 is 0 Å². The molecular weight excluding hydrogens is 490 g/mol. The summed E-state index contributed by atoms with van der Waals surface area (Å²) in [5.74, 6) is 0.213. The van der Waals surface area contributed by atoms with E-state index in [4.69, 9.17) is 4.74 Å². The van der Waals surface area contributed by atoms with Crippen LogP contribution in [0.3, 0.4) is 0 Å². The third-order valence-corrected chi connectivity index (χ3v) is 7.31. The Morgan fingerprint density at radius 1 is 0.974 bits per heavy atom. The molecule has 0 aliphatic carbocycles. The van der Waals surface area contributed by atoms with Crippen molar-refractivity contribution in [3.8, 4) is 5.75 Å². The molecule has 7 nitrogen and oxygen atoms in total. The van der Waals surface area contributed by atoms with Crippen molar-refractivity contribution >= 4 is 28.6 Å². The molecule has 210 valence electrons. The monoisotopic (exact) mass is 533 g/mol. The molecule has 0 fully saturated rings. The van der Waals surface area contributed by atoms with Crippen molar-refractivity contribution in [2.45, 2.75) is 78.2 Å². The molecule has 0 bridgehead atoms. The lowest BCUT2D eigenvalue weighted by Crippen LogP contribution is -2.48. The van der Waals surface area contributed by atoms with Gasteiger partial charge in [-0.05, 0) is 55.7 Å². The Kier molecular flexibility index (Phi) is 11.1. The molecule has 0 aliphatic rings. The first-order valence-electron chi connectivity index (χ1n) is 14.1. The molecule has 1 atom stereocenters. The smallest absolute Gasteiger partial charge is 0.262 e. The Morgan fingerprint density at radius 2 is 1.69 bits per heavy atom. The van der Waals surface area contributed by atoms with Gasteiger partial charge < -0.3 is 15.0 Å². The summed E-state index contributed by atoms with van der Waals surface area (Å²) in [6.45, 7) is 6.78. The first kappa shape index (κ1) is 29.9. The Labute approximate surface area is 232 Å². The van der Waals surface area contributed by atoms with Crippen molar-refractivity contribution in [2.24, 2.45) is 0 Å². The average molecular weight is 534 g/mol. The Bertz CT molecular complexity index is 1270. The van der Waals surface area contributed by atoms with Crippen molar-refractivity contribution < 1.29 is 19.1 Å². The van der Waals surface area contributed by atoms with Crippen LogP contribution in [0.15, 0.2) is 48.5 Å². The highest BCUT2D eigenvalue weighted by Gasteiger charge is 2.26. The highest BCUT2D eigenvalue weighted by Crippen LogP contribution is 2.30. The zero-order valence-corrected chi connectivity index (χ0v) is 24.1. The van der Waals surface area contributed by atoms with E-state index in [0.29, 0.717) is 30.0 Å². The van der Waals surface area contributed by atoms with Crippen LogP contribution in [-0.2, 0) is 16.0 Å². The highest BCUT2D eigenvalue weighted by atomic mass is 16.5. The number of nitrogens with one attached hydrogen (secondary N) is 1. The predicted octanol–water partition coefficient (Wildman–Crippen LogP) is 5.90. The largest absolute Gasteiger partial charge is 0.497 e. The van der Waals surface area contributed by atoms with Gasteiger partial charge in [0.05, 0.1) is 19.0 Å². The van der Waals surface area contributed by atoms with Crippen LogP contribution in [-0.4, -0.2) is 53.9 Å². The fourth-order valence-electron chi connectivity index (χ4n) is 4.99. The minimum Gasteiger partial charge on any atom is -0.497 e. The summed E-state index contributed by atoms with van der Waals surface area (Å²) in [6, 6.07) is 14.1. The number of likely N-dealkylation sites (N-methyl/N-ethyl adjacent to an activating group) is 1. The third-order valence-electron chi connectivity index (χ3n) is 7.31. The van der Waals surface area contributed by atoms with Gasteiger partial charge in [0.15, 0.2) is 0 Å². The van der Waals surface area contributed by atoms with Crippen molar-refractivity contribution in [3.05, 3.63) is 65.4 Å². The SMILES string of the molecule is CCCCCCC(NC(=O)Cc1c(C)n(C(=O)c2ccccc2)c2ccc(OC)cc12)C(=O)N(C)CCCC. The van der Waals surface area contributed by atoms with Crippen molar-refractivity contribution in [1.29, 1.82) is 0 Å². The van der Waals surface area contributed by atoms with E-state index in [1.165, 1.54) is 0 Å². The number of nitrogens with zero attached hydrogens (tertiary/aromatic N) is 2. The maximum atomic E-state index is 13.5. The number of benzene rings is 2. The summed E-state index contributed by atoms with van der Waals surface area (Å²) < 4.78 is 7.12. The topological polar surface area (TPSA) is 80.6 Å². The Hall–Kier alpha value is -3.61. The fraction of sp³-hybridized carbons (Fsp3) is 0.469. The molecule has 3 aromatic rings. The van der Waals surface area contributed by atoms with Crippen LogP contribution in [0.2, 0.25) is 0 Å². The Balaban J connectivity index is 1.91. The summed E-state index contributed by atoms with van der Waals surface area (Å²) in [4.78, 5) is 42.0. The summed E-state index contributed by atoms with van der Waals surface area (Å²) in [5, 5.41) is 3.82. The molecule has 0 saturated carbocycles. The van der Waals surface area contributed by atoms with Crippen molar-refractivity contribution in [2.75, 3.05) is 20.7 Å². The molecule has 1 heterocycles. The van der Waals surface area contributed by atoms with Crippen LogP contribution in [0.25, 0.3) is 10.9 Å². The predicted molar refractivity (Wildman–Crippen MR) is 156 cm³/mol. The van der Waals surface area contributed by atoms with E-state index in [1.54, 1.807) is 28.7 Å². The number of hydrogen-bond acceptors (Lipinski definition) is 4. The normalized spacial score (nSPS) is 11.8. The maximum Gasteiger partial charge on any atom is 0.262 e.